The number of piperazine rings is 1. The lowest BCUT2D eigenvalue weighted by molar-refractivity contribution is 0.0716. The third-order valence-electron chi connectivity index (χ3n) is 5.76. The number of hydrogen-bond acceptors (Lipinski definition) is 6. The standard InChI is InChI=1S/C20H24N6O2/c1-23-14-16-17(21-23)6-7-26(20(16)27)13-10-24-8-11-25(12-9-24)19-15-4-2-3-5-18(15)28-22-19/h2-5,14H,6-13H2,1H3. The van der Waals surface area contributed by atoms with Crippen LogP contribution in [0.1, 0.15) is 16.1 Å². The largest absolute Gasteiger partial charge is 0.354 e. The SMILES string of the molecule is Cn1cc2c(n1)CCN(CCN1CCN(c3noc4ccccc34)CC1)C2=O. The maximum absolute atomic E-state index is 12.7. The molecule has 2 aliphatic rings. The van der Waals surface area contributed by atoms with Gasteiger partial charge in [-0.2, -0.15) is 5.10 Å². The zero-order valence-corrected chi connectivity index (χ0v) is 16.0. The molecule has 1 saturated heterocycles. The number of amides is 1. The summed E-state index contributed by atoms with van der Waals surface area (Å²) < 4.78 is 7.18. The van der Waals surface area contributed by atoms with Gasteiger partial charge in [-0.15, -0.1) is 0 Å². The number of nitrogens with zero attached hydrogens (tertiary/aromatic N) is 6. The Balaban J connectivity index is 1.17. The second-order valence-corrected chi connectivity index (χ2v) is 7.54. The lowest BCUT2D eigenvalue weighted by atomic mass is 10.1. The van der Waals surface area contributed by atoms with Gasteiger partial charge < -0.3 is 14.3 Å². The van der Waals surface area contributed by atoms with E-state index in [1.165, 1.54) is 0 Å². The number of rotatable bonds is 4. The Morgan fingerprint density at radius 1 is 1.07 bits per heavy atom. The van der Waals surface area contributed by atoms with Crippen LogP contribution in [-0.2, 0) is 13.5 Å². The quantitative estimate of drug-likeness (QED) is 0.681. The van der Waals surface area contributed by atoms with Crippen LogP contribution >= 0.6 is 0 Å². The highest BCUT2D eigenvalue weighted by Gasteiger charge is 2.28. The zero-order valence-electron chi connectivity index (χ0n) is 16.0. The molecule has 8 heteroatoms. The van der Waals surface area contributed by atoms with Crippen molar-refractivity contribution in [2.45, 2.75) is 6.42 Å². The summed E-state index contributed by atoms with van der Waals surface area (Å²) in [4.78, 5) is 19.3. The highest BCUT2D eigenvalue weighted by Crippen LogP contribution is 2.26. The van der Waals surface area contributed by atoms with E-state index < -0.39 is 0 Å². The first-order valence-corrected chi connectivity index (χ1v) is 9.82. The Hall–Kier alpha value is -2.87. The van der Waals surface area contributed by atoms with Crippen molar-refractivity contribution >= 4 is 22.7 Å². The maximum Gasteiger partial charge on any atom is 0.257 e. The van der Waals surface area contributed by atoms with Crippen LogP contribution < -0.4 is 4.90 Å². The van der Waals surface area contributed by atoms with Gasteiger partial charge in [0, 0.05) is 65.5 Å². The van der Waals surface area contributed by atoms with E-state index in [1.807, 2.05) is 36.3 Å². The van der Waals surface area contributed by atoms with Crippen LogP contribution in [0.15, 0.2) is 35.0 Å². The number of fused-ring (bicyclic) bond motifs is 2. The Bertz CT molecular complexity index is 1000. The van der Waals surface area contributed by atoms with Crippen molar-refractivity contribution in [1.82, 2.24) is 24.7 Å². The van der Waals surface area contributed by atoms with Gasteiger partial charge >= 0.3 is 0 Å². The predicted molar refractivity (Wildman–Crippen MR) is 105 cm³/mol. The molecule has 1 aromatic carbocycles. The smallest absolute Gasteiger partial charge is 0.257 e. The zero-order chi connectivity index (χ0) is 19.1. The molecular formula is C20H24N6O2. The van der Waals surface area contributed by atoms with Crippen LogP contribution in [0, 0.1) is 0 Å². The molecule has 28 heavy (non-hydrogen) atoms. The third-order valence-corrected chi connectivity index (χ3v) is 5.76. The minimum absolute atomic E-state index is 0.113. The van der Waals surface area contributed by atoms with Crippen molar-refractivity contribution in [2.75, 3.05) is 50.7 Å². The van der Waals surface area contributed by atoms with Crippen molar-refractivity contribution in [3.8, 4) is 0 Å². The number of benzene rings is 1. The Kier molecular flexibility index (Phi) is 4.27. The summed E-state index contributed by atoms with van der Waals surface area (Å²) in [5, 5.41) is 9.72. The predicted octanol–water partition coefficient (Wildman–Crippen LogP) is 1.38. The highest BCUT2D eigenvalue weighted by atomic mass is 16.5. The molecule has 146 valence electrons. The Morgan fingerprint density at radius 3 is 2.75 bits per heavy atom. The number of aromatic nitrogens is 3. The number of aryl methyl sites for hydroxylation is 1. The number of anilines is 1. The molecule has 1 amide bonds. The van der Waals surface area contributed by atoms with E-state index in [0.29, 0.717) is 0 Å². The van der Waals surface area contributed by atoms with Crippen molar-refractivity contribution < 1.29 is 9.32 Å². The van der Waals surface area contributed by atoms with Crippen molar-refractivity contribution in [1.29, 1.82) is 0 Å². The fourth-order valence-corrected chi connectivity index (χ4v) is 4.17. The van der Waals surface area contributed by atoms with Crippen LogP contribution in [0.4, 0.5) is 5.82 Å². The molecule has 3 aromatic rings. The van der Waals surface area contributed by atoms with E-state index in [-0.39, 0.29) is 5.91 Å². The van der Waals surface area contributed by atoms with Gasteiger partial charge in [-0.1, -0.05) is 17.3 Å². The number of carbonyl (C=O) groups is 1. The summed E-state index contributed by atoms with van der Waals surface area (Å²) in [6, 6.07) is 7.99. The molecular weight excluding hydrogens is 356 g/mol. The van der Waals surface area contributed by atoms with Gasteiger partial charge in [-0.3, -0.25) is 14.4 Å². The molecule has 0 radical (unpaired) electrons. The monoisotopic (exact) mass is 380 g/mol. The summed E-state index contributed by atoms with van der Waals surface area (Å²) in [5.41, 5.74) is 2.52. The summed E-state index contributed by atoms with van der Waals surface area (Å²) >= 11 is 0. The van der Waals surface area contributed by atoms with E-state index in [1.54, 1.807) is 4.68 Å². The first kappa shape index (κ1) is 17.2. The van der Waals surface area contributed by atoms with E-state index in [4.69, 9.17) is 4.52 Å². The molecule has 0 atom stereocenters. The third kappa shape index (κ3) is 3.03. The van der Waals surface area contributed by atoms with Crippen LogP contribution in [0.2, 0.25) is 0 Å². The molecule has 0 N–H and O–H groups in total. The lowest BCUT2D eigenvalue weighted by Crippen LogP contribution is -2.49. The molecule has 1 fully saturated rings. The van der Waals surface area contributed by atoms with Gasteiger partial charge in [-0.05, 0) is 12.1 Å². The van der Waals surface area contributed by atoms with Crippen molar-refractivity contribution in [2.24, 2.45) is 7.05 Å². The van der Waals surface area contributed by atoms with Crippen LogP contribution in [0.25, 0.3) is 11.0 Å². The van der Waals surface area contributed by atoms with Gasteiger partial charge in [0.25, 0.3) is 5.91 Å². The van der Waals surface area contributed by atoms with E-state index in [0.717, 1.165) is 80.3 Å². The summed E-state index contributed by atoms with van der Waals surface area (Å²) in [5.74, 6) is 1.05. The maximum atomic E-state index is 12.7. The molecule has 0 aliphatic carbocycles. The van der Waals surface area contributed by atoms with Crippen molar-refractivity contribution in [3.05, 3.63) is 41.7 Å². The molecule has 2 aromatic heterocycles. The lowest BCUT2D eigenvalue weighted by Gasteiger charge is -2.36. The summed E-state index contributed by atoms with van der Waals surface area (Å²) in [6.07, 6.45) is 2.68. The topological polar surface area (TPSA) is 70.6 Å². The number of carbonyl (C=O) groups excluding carboxylic acids is 1. The molecule has 0 saturated carbocycles. The second-order valence-electron chi connectivity index (χ2n) is 7.54. The molecule has 2 aliphatic heterocycles. The van der Waals surface area contributed by atoms with Crippen LogP contribution in [0.3, 0.4) is 0 Å². The molecule has 8 nitrogen and oxygen atoms in total. The van der Waals surface area contributed by atoms with Crippen LogP contribution in [-0.4, -0.2) is 76.5 Å². The van der Waals surface area contributed by atoms with E-state index >= 15 is 0 Å². The minimum Gasteiger partial charge on any atom is -0.354 e. The minimum atomic E-state index is 0.113. The van der Waals surface area contributed by atoms with Gasteiger partial charge in [-0.25, -0.2) is 0 Å². The Morgan fingerprint density at radius 2 is 1.89 bits per heavy atom. The molecule has 5 rings (SSSR count). The number of para-hydroxylation sites is 1. The Labute approximate surface area is 163 Å². The molecule has 4 heterocycles. The summed E-state index contributed by atoms with van der Waals surface area (Å²) in [7, 11) is 1.87. The molecule has 0 spiro atoms. The van der Waals surface area contributed by atoms with Crippen molar-refractivity contribution in [3.63, 3.8) is 0 Å². The van der Waals surface area contributed by atoms with Crippen LogP contribution in [0.5, 0.6) is 0 Å². The fourth-order valence-electron chi connectivity index (χ4n) is 4.17. The molecule has 0 bridgehead atoms. The first-order chi connectivity index (χ1) is 13.7. The normalized spacial score (nSPS) is 18.1. The fraction of sp³-hybridized carbons (Fsp3) is 0.450. The average molecular weight is 380 g/mol. The van der Waals surface area contributed by atoms with E-state index in [2.05, 4.69) is 26.1 Å². The molecule has 0 unspecified atom stereocenters. The van der Waals surface area contributed by atoms with Gasteiger partial charge in [0.15, 0.2) is 11.4 Å². The van der Waals surface area contributed by atoms with Gasteiger partial charge in [0.2, 0.25) is 0 Å². The van der Waals surface area contributed by atoms with E-state index in [9.17, 15) is 4.79 Å². The van der Waals surface area contributed by atoms with Gasteiger partial charge in [0.05, 0.1) is 16.6 Å². The summed E-state index contributed by atoms with van der Waals surface area (Å²) in [6.45, 7) is 6.17. The first-order valence-electron chi connectivity index (χ1n) is 9.82. The van der Waals surface area contributed by atoms with Gasteiger partial charge in [0.1, 0.15) is 0 Å². The highest BCUT2D eigenvalue weighted by molar-refractivity contribution is 5.96. The second kappa shape index (κ2) is 6.94. The number of hydrogen-bond donors (Lipinski definition) is 0. The average Bonchev–Trinajstić information content (AvgIpc) is 3.31.